The van der Waals surface area contributed by atoms with E-state index in [-0.39, 0.29) is 24.2 Å². The largest absolute Gasteiger partial charge is 0.481 e. The molecule has 0 aromatic heterocycles. The molecule has 14 nitrogen and oxygen atoms in total. The number of anilines is 1. The summed E-state index contributed by atoms with van der Waals surface area (Å²) >= 11 is 0. The second-order valence-corrected chi connectivity index (χ2v) is 12.2. The summed E-state index contributed by atoms with van der Waals surface area (Å²) in [5.74, 6) is -1.92. The first-order valence-electron chi connectivity index (χ1n) is 16.1. The van der Waals surface area contributed by atoms with Crippen LogP contribution < -0.4 is 16.5 Å². The number of rotatable bonds is 14. The summed E-state index contributed by atoms with van der Waals surface area (Å²) in [6.45, 7) is 0.604. The molecule has 1 aliphatic rings. The fraction of sp³-hybridized carbons (Fsp3) is 0.184. The minimum atomic E-state index is -3.37. The van der Waals surface area contributed by atoms with Crippen LogP contribution in [-0.4, -0.2) is 73.5 Å². The van der Waals surface area contributed by atoms with E-state index in [1.54, 1.807) is 91.0 Å². The van der Waals surface area contributed by atoms with Gasteiger partial charge in [-0.3, -0.25) is 24.1 Å². The van der Waals surface area contributed by atoms with Gasteiger partial charge in [-0.1, -0.05) is 103 Å². The van der Waals surface area contributed by atoms with E-state index in [9.17, 15) is 29.4 Å². The van der Waals surface area contributed by atoms with Crippen molar-refractivity contribution >= 4 is 47.5 Å². The van der Waals surface area contributed by atoms with Gasteiger partial charge in [0.2, 0.25) is 5.91 Å². The van der Waals surface area contributed by atoms with E-state index in [4.69, 9.17) is 11.6 Å². The van der Waals surface area contributed by atoms with Gasteiger partial charge < -0.3 is 26.7 Å². The summed E-state index contributed by atoms with van der Waals surface area (Å²) in [6, 6.07) is 27.7. The van der Waals surface area contributed by atoms with Crippen molar-refractivity contribution in [3.63, 3.8) is 0 Å². The monoisotopic (exact) mass is 704 g/mol. The van der Waals surface area contributed by atoms with Crippen molar-refractivity contribution in [2.45, 2.75) is 43.6 Å². The fourth-order valence-electron chi connectivity index (χ4n) is 6.55. The number of hydrazone groups is 1. The average molecular weight is 705 g/mol. The quantitative estimate of drug-likeness (QED) is 0.0494. The van der Waals surface area contributed by atoms with Crippen LogP contribution in [0.1, 0.15) is 35.6 Å². The molecule has 0 unspecified atom stereocenters. The minimum absolute atomic E-state index is 0.183. The molecule has 4 aromatic carbocycles. The highest BCUT2D eigenvalue weighted by atomic mass is 16.4. The van der Waals surface area contributed by atoms with Crippen LogP contribution >= 0.6 is 0 Å². The number of ketones is 1. The maximum Gasteiger partial charge on any atom is 0.360 e. The first kappa shape index (κ1) is 36.6. The Labute approximate surface area is 298 Å². The molecule has 0 bridgehead atoms. The molecule has 4 aromatic rings. The molecule has 52 heavy (non-hydrogen) atoms. The second-order valence-electron chi connectivity index (χ2n) is 12.2. The normalized spacial score (nSPS) is 17.5. The lowest BCUT2D eigenvalue weighted by Crippen LogP contribution is -2.74. The maximum atomic E-state index is 15.6. The SMILES string of the molecule is CC(=O)[C@@](C(=O)O)(N1C(=O)N(Cc2ccccc2)[C@](Cc2ccccc2)(c2ccc(C=NN)cc2)C1=O)N(C(=O)[C@@H](N)CC(=O)O)c1ccccc1. The number of amides is 4. The third-order valence-corrected chi connectivity index (χ3v) is 8.92. The average Bonchev–Trinajstić information content (AvgIpc) is 3.33. The van der Waals surface area contributed by atoms with Gasteiger partial charge in [0, 0.05) is 18.7 Å². The number of carbonyl (C=O) groups excluding carboxylic acids is 4. The highest BCUT2D eigenvalue weighted by molar-refractivity contribution is 6.24. The number of carboxylic acid groups (broad SMARTS) is 2. The summed E-state index contributed by atoms with van der Waals surface area (Å²) in [7, 11) is 0. The molecule has 4 amide bonds. The van der Waals surface area contributed by atoms with Crippen LogP contribution in [0.15, 0.2) is 120 Å². The van der Waals surface area contributed by atoms with Gasteiger partial charge >= 0.3 is 18.0 Å². The highest BCUT2D eigenvalue weighted by Crippen LogP contribution is 2.46. The lowest BCUT2D eigenvalue weighted by molar-refractivity contribution is -0.162. The van der Waals surface area contributed by atoms with Gasteiger partial charge in [0.25, 0.3) is 11.6 Å². The number of hydrogen-bond acceptors (Lipinski definition) is 9. The molecule has 1 heterocycles. The van der Waals surface area contributed by atoms with Crippen LogP contribution in [0.5, 0.6) is 0 Å². The van der Waals surface area contributed by atoms with E-state index in [0.29, 0.717) is 26.5 Å². The minimum Gasteiger partial charge on any atom is -0.481 e. The Hall–Kier alpha value is -6.67. The van der Waals surface area contributed by atoms with E-state index in [0.717, 1.165) is 6.92 Å². The topological polar surface area (TPSA) is 217 Å². The van der Waals surface area contributed by atoms with E-state index in [1.165, 1.54) is 35.4 Å². The number of urea groups is 1. The van der Waals surface area contributed by atoms with Crippen LogP contribution in [0.4, 0.5) is 10.5 Å². The van der Waals surface area contributed by atoms with E-state index < -0.39 is 59.2 Å². The fourth-order valence-corrected chi connectivity index (χ4v) is 6.55. The molecule has 1 fully saturated rings. The van der Waals surface area contributed by atoms with E-state index in [1.807, 2.05) is 0 Å². The summed E-state index contributed by atoms with van der Waals surface area (Å²) < 4.78 is 0. The number of Topliss-reactive ketones (excluding diaryl/α,β-unsaturated/α-hetero) is 1. The van der Waals surface area contributed by atoms with Crippen molar-refractivity contribution in [1.82, 2.24) is 9.80 Å². The lowest BCUT2D eigenvalue weighted by Gasteiger charge is -2.43. The number of carboxylic acids is 2. The molecule has 0 aliphatic carbocycles. The van der Waals surface area contributed by atoms with Crippen molar-refractivity contribution in [3.8, 4) is 0 Å². The van der Waals surface area contributed by atoms with Gasteiger partial charge in [-0.25, -0.2) is 14.5 Å². The van der Waals surface area contributed by atoms with Crippen molar-refractivity contribution in [2.24, 2.45) is 16.7 Å². The third kappa shape index (κ3) is 6.50. The second kappa shape index (κ2) is 15.1. The van der Waals surface area contributed by atoms with Crippen LogP contribution in [0.2, 0.25) is 0 Å². The summed E-state index contributed by atoms with van der Waals surface area (Å²) in [6.07, 6.45) is 0.240. The molecule has 1 aliphatic heterocycles. The molecular formula is C38H36N6O8. The van der Waals surface area contributed by atoms with E-state index >= 15 is 9.59 Å². The standard InChI is InChI=1S/C38H36N6O8/c1-25(45)38(35(50)51,43(30-15-9-4-10-16-30)33(48)31(39)21-32(46)47)44-34(49)37(22-26-11-5-2-6-12-26,29-19-17-27(18-20-29)23-41-40)42(36(44)52)24-28-13-7-3-8-14-28/h2-20,23,31H,21-22,24,39-40H2,1H3,(H,46,47)(H,50,51)/t31-,37+,38-/m0/s1. The Kier molecular flexibility index (Phi) is 10.6. The van der Waals surface area contributed by atoms with Gasteiger partial charge in [-0.2, -0.15) is 5.10 Å². The summed E-state index contributed by atoms with van der Waals surface area (Å²) in [4.78, 5) is 86.5. The van der Waals surface area contributed by atoms with Crippen molar-refractivity contribution in [3.05, 3.63) is 138 Å². The van der Waals surface area contributed by atoms with Crippen molar-refractivity contribution < 1.29 is 39.0 Å². The predicted octanol–water partition coefficient (Wildman–Crippen LogP) is 3.09. The van der Waals surface area contributed by atoms with Gasteiger partial charge in [0.05, 0.1) is 18.7 Å². The Balaban J connectivity index is 1.86. The maximum absolute atomic E-state index is 15.6. The summed E-state index contributed by atoms with van der Waals surface area (Å²) in [5, 5.41) is 24.2. The Morgan fingerprint density at radius 2 is 1.38 bits per heavy atom. The van der Waals surface area contributed by atoms with Crippen LogP contribution in [-0.2, 0) is 42.5 Å². The van der Waals surface area contributed by atoms with Gasteiger partial charge in [0.1, 0.15) is 0 Å². The number of aliphatic carboxylic acids is 2. The Bertz CT molecular complexity index is 1990. The smallest absolute Gasteiger partial charge is 0.360 e. The number of para-hydroxylation sites is 1. The third-order valence-electron chi connectivity index (χ3n) is 8.92. The molecule has 266 valence electrons. The van der Waals surface area contributed by atoms with Gasteiger partial charge in [-0.05, 0) is 41.3 Å². The molecule has 1 saturated heterocycles. The Morgan fingerprint density at radius 1 is 0.846 bits per heavy atom. The predicted molar refractivity (Wildman–Crippen MR) is 189 cm³/mol. The molecule has 14 heteroatoms. The molecule has 5 rings (SSSR count). The van der Waals surface area contributed by atoms with Crippen LogP contribution in [0, 0.1) is 0 Å². The molecule has 3 atom stereocenters. The van der Waals surface area contributed by atoms with Crippen LogP contribution in [0.3, 0.4) is 0 Å². The molecule has 6 N–H and O–H groups in total. The van der Waals surface area contributed by atoms with Crippen molar-refractivity contribution in [2.75, 3.05) is 4.90 Å². The molecule has 0 spiro atoms. The number of hydrogen-bond donors (Lipinski definition) is 4. The zero-order valence-electron chi connectivity index (χ0n) is 28.0. The first-order valence-corrected chi connectivity index (χ1v) is 16.1. The number of imide groups is 1. The van der Waals surface area contributed by atoms with E-state index in [2.05, 4.69) is 5.10 Å². The van der Waals surface area contributed by atoms with Gasteiger partial charge in [0.15, 0.2) is 11.3 Å². The van der Waals surface area contributed by atoms with Gasteiger partial charge in [-0.15, -0.1) is 0 Å². The summed E-state index contributed by atoms with van der Waals surface area (Å²) in [5.41, 5.74) is 2.40. The highest BCUT2D eigenvalue weighted by Gasteiger charge is 2.70. The zero-order valence-corrected chi connectivity index (χ0v) is 28.0. The Morgan fingerprint density at radius 3 is 1.88 bits per heavy atom. The van der Waals surface area contributed by atoms with Crippen molar-refractivity contribution in [1.29, 1.82) is 0 Å². The van der Waals surface area contributed by atoms with Crippen LogP contribution in [0.25, 0.3) is 0 Å². The zero-order chi connectivity index (χ0) is 37.6. The number of nitrogens with two attached hydrogens (primary N) is 2. The molecule has 0 radical (unpaired) electrons. The number of carbonyl (C=O) groups is 6. The number of benzene rings is 4. The molecular weight excluding hydrogens is 668 g/mol. The molecule has 0 saturated carbocycles. The lowest BCUT2D eigenvalue weighted by atomic mass is 9.81. The first-order chi connectivity index (χ1) is 24.9. The number of nitrogens with zero attached hydrogens (tertiary/aromatic N) is 4.